The maximum atomic E-state index is 6.57. The number of hydrogen-bond acceptors (Lipinski definition) is 8. The van der Waals surface area contributed by atoms with Gasteiger partial charge in [-0.25, -0.2) is 0 Å². The highest BCUT2D eigenvalue weighted by atomic mass is 16.5. The first-order valence-corrected chi connectivity index (χ1v) is 14.2. The zero-order chi connectivity index (χ0) is 30.3. The molecule has 4 aromatic carbocycles. The zero-order valence-corrected chi connectivity index (χ0v) is 24.3. The van der Waals surface area contributed by atoms with Crippen LogP contribution in [0.2, 0.25) is 0 Å². The monoisotopic (exact) mass is 563 g/mol. The molecule has 1 aliphatic rings. The van der Waals surface area contributed by atoms with E-state index in [9.17, 15) is 0 Å². The van der Waals surface area contributed by atoms with Crippen LogP contribution in [0.25, 0.3) is 27.8 Å². The third-order valence-corrected chi connectivity index (χ3v) is 8.14. The standard InChI is InChI=1S/C34H41N7O/c1-4-5-19-10-20-6-7-21(12-23(20)11-19)22-8-9-26(28(35)13-22)24-14-29(36)32(30(37)15-24)34(40,41)42-25-16-27(18(2)3)33(39)31(38)17-25/h6-9,12-17,19H,2,4-5,10-11,35-41H2,1,3H3. The zero-order valence-electron chi connectivity index (χ0n) is 24.3. The molecule has 0 fully saturated rings. The van der Waals surface area contributed by atoms with E-state index in [0.29, 0.717) is 33.9 Å². The molecular formula is C34H41N7O. The molecule has 0 spiro atoms. The second-order valence-corrected chi connectivity index (χ2v) is 11.5. The first kappa shape index (κ1) is 28.9. The third-order valence-electron chi connectivity index (χ3n) is 8.14. The van der Waals surface area contributed by atoms with E-state index >= 15 is 0 Å². The highest BCUT2D eigenvalue weighted by molar-refractivity contribution is 5.86. The Morgan fingerprint density at radius 1 is 0.786 bits per heavy atom. The van der Waals surface area contributed by atoms with Crippen molar-refractivity contribution in [3.8, 4) is 28.0 Å². The van der Waals surface area contributed by atoms with Gasteiger partial charge in [-0.2, -0.15) is 0 Å². The van der Waals surface area contributed by atoms with Gasteiger partial charge in [-0.05, 0) is 83.3 Å². The molecule has 0 amide bonds. The van der Waals surface area contributed by atoms with Crippen molar-refractivity contribution in [2.45, 2.75) is 45.4 Å². The minimum absolute atomic E-state index is 0.244. The van der Waals surface area contributed by atoms with Gasteiger partial charge >= 0.3 is 0 Å². The van der Waals surface area contributed by atoms with Crippen molar-refractivity contribution in [1.82, 2.24) is 0 Å². The van der Waals surface area contributed by atoms with E-state index in [4.69, 9.17) is 44.9 Å². The Hall–Kier alpha value is -4.66. The molecule has 5 rings (SSSR count). The summed E-state index contributed by atoms with van der Waals surface area (Å²) in [7, 11) is 0. The SMILES string of the molecule is C=C(C)c1cc(OC(N)(N)c2c(N)cc(-c3ccc(-c4ccc5c(c4)CC(CCC)C5)cc3N)cc2N)cc(N)c1N. The molecule has 0 saturated heterocycles. The van der Waals surface area contributed by atoms with Crippen LogP contribution >= 0.6 is 0 Å². The van der Waals surface area contributed by atoms with Crippen LogP contribution in [0.1, 0.15) is 48.9 Å². The van der Waals surface area contributed by atoms with Crippen LogP contribution in [-0.2, 0) is 18.7 Å². The minimum atomic E-state index is -1.86. The van der Waals surface area contributed by atoms with Crippen molar-refractivity contribution in [2.24, 2.45) is 17.4 Å². The van der Waals surface area contributed by atoms with Crippen LogP contribution in [0.5, 0.6) is 5.75 Å². The second-order valence-electron chi connectivity index (χ2n) is 11.5. The number of anilines is 5. The van der Waals surface area contributed by atoms with Gasteiger partial charge in [0.2, 0.25) is 5.85 Å². The lowest BCUT2D eigenvalue weighted by Crippen LogP contribution is -2.52. The molecule has 1 aliphatic carbocycles. The summed E-state index contributed by atoms with van der Waals surface area (Å²) in [6, 6.07) is 19.5. The number of ether oxygens (including phenoxy) is 1. The summed E-state index contributed by atoms with van der Waals surface area (Å²) in [6.45, 7) is 8.00. The van der Waals surface area contributed by atoms with Crippen molar-refractivity contribution >= 4 is 34.0 Å². The summed E-state index contributed by atoms with van der Waals surface area (Å²) in [5.74, 6) is -0.809. The fraction of sp³-hybridized carbons (Fsp3) is 0.235. The van der Waals surface area contributed by atoms with Gasteiger partial charge in [0.1, 0.15) is 5.75 Å². The lowest BCUT2D eigenvalue weighted by Gasteiger charge is -2.29. The van der Waals surface area contributed by atoms with Crippen molar-refractivity contribution in [3.63, 3.8) is 0 Å². The molecular weight excluding hydrogens is 522 g/mol. The van der Waals surface area contributed by atoms with Crippen molar-refractivity contribution in [2.75, 3.05) is 28.7 Å². The van der Waals surface area contributed by atoms with E-state index in [1.54, 1.807) is 24.3 Å². The molecule has 0 aromatic heterocycles. The van der Waals surface area contributed by atoms with Gasteiger partial charge in [-0.15, -0.1) is 0 Å². The molecule has 0 radical (unpaired) electrons. The molecule has 1 atom stereocenters. The number of benzene rings is 4. The van der Waals surface area contributed by atoms with Gasteiger partial charge in [0.05, 0.1) is 16.9 Å². The lowest BCUT2D eigenvalue weighted by atomic mass is 9.94. The summed E-state index contributed by atoms with van der Waals surface area (Å²) in [5, 5.41) is 0. The molecule has 8 nitrogen and oxygen atoms in total. The first-order chi connectivity index (χ1) is 19.9. The summed E-state index contributed by atoms with van der Waals surface area (Å²) < 4.78 is 5.96. The molecule has 218 valence electrons. The molecule has 1 unspecified atom stereocenters. The molecule has 0 heterocycles. The minimum Gasteiger partial charge on any atom is -0.455 e. The van der Waals surface area contributed by atoms with Gasteiger partial charge in [-0.1, -0.05) is 56.7 Å². The van der Waals surface area contributed by atoms with Crippen LogP contribution in [0.15, 0.2) is 67.2 Å². The summed E-state index contributed by atoms with van der Waals surface area (Å²) in [5.41, 5.74) is 54.6. The highest BCUT2D eigenvalue weighted by Crippen LogP contribution is 2.39. The Balaban J connectivity index is 1.42. The molecule has 14 N–H and O–H groups in total. The number of nitrogens with two attached hydrogens (primary N) is 7. The normalized spacial score (nSPS) is 14.5. The van der Waals surface area contributed by atoms with E-state index in [0.717, 1.165) is 34.6 Å². The van der Waals surface area contributed by atoms with Gasteiger partial charge in [0.25, 0.3) is 0 Å². The predicted octanol–water partition coefficient (Wildman–Crippen LogP) is 5.59. The Morgan fingerprint density at radius 2 is 1.40 bits per heavy atom. The van der Waals surface area contributed by atoms with Crippen LogP contribution in [0.4, 0.5) is 28.4 Å². The first-order valence-electron chi connectivity index (χ1n) is 14.2. The van der Waals surface area contributed by atoms with Gasteiger partial charge in [0.15, 0.2) is 0 Å². The maximum absolute atomic E-state index is 6.57. The number of hydrogen-bond donors (Lipinski definition) is 7. The van der Waals surface area contributed by atoms with Crippen LogP contribution < -0.4 is 44.9 Å². The number of nitrogen functional groups attached to an aromatic ring is 5. The summed E-state index contributed by atoms with van der Waals surface area (Å²) in [6.07, 6.45) is 4.80. The smallest absolute Gasteiger partial charge is 0.243 e. The Bertz CT molecular complexity index is 1670. The van der Waals surface area contributed by atoms with Crippen LogP contribution in [0, 0.1) is 5.92 Å². The fourth-order valence-corrected chi connectivity index (χ4v) is 6.11. The summed E-state index contributed by atoms with van der Waals surface area (Å²) >= 11 is 0. The van der Waals surface area contributed by atoms with Crippen molar-refractivity contribution in [1.29, 1.82) is 0 Å². The Morgan fingerprint density at radius 3 is 2.05 bits per heavy atom. The van der Waals surface area contributed by atoms with E-state index in [-0.39, 0.29) is 16.9 Å². The molecule has 8 heteroatoms. The largest absolute Gasteiger partial charge is 0.455 e. The Kier molecular flexibility index (Phi) is 7.53. The highest BCUT2D eigenvalue weighted by Gasteiger charge is 2.31. The van der Waals surface area contributed by atoms with E-state index in [2.05, 4.69) is 37.8 Å². The maximum Gasteiger partial charge on any atom is 0.243 e. The molecule has 0 bridgehead atoms. The fourth-order valence-electron chi connectivity index (χ4n) is 6.11. The van der Waals surface area contributed by atoms with E-state index < -0.39 is 5.85 Å². The van der Waals surface area contributed by atoms with Gasteiger partial charge in [-0.3, -0.25) is 11.5 Å². The number of allylic oxidation sites excluding steroid dienone is 1. The van der Waals surface area contributed by atoms with Gasteiger partial charge in [0, 0.05) is 34.3 Å². The molecule has 0 saturated carbocycles. The lowest BCUT2D eigenvalue weighted by molar-refractivity contribution is 0.0824. The van der Waals surface area contributed by atoms with Crippen LogP contribution in [0.3, 0.4) is 0 Å². The predicted molar refractivity (Wildman–Crippen MR) is 177 cm³/mol. The summed E-state index contributed by atoms with van der Waals surface area (Å²) in [4.78, 5) is 0. The van der Waals surface area contributed by atoms with Crippen molar-refractivity contribution < 1.29 is 4.74 Å². The molecule has 0 aliphatic heterocycles. The molecule has 42 heavy (non-hydrogen) atoms. The van der Waals surface area contributed by atoms with E-state index in [1.165, 1.54) is 30.4 Å². The molecule has 4 aromatic rings. The number of rotatable bonds is 8. The topological polar surface area (TPSA) is 191 Å². The quantitative estimate of drug-likeness (QED) is 0.107. The van der Waals surface area contributed by atoms with Crippen molar-refractivity contribution in [3.05, 3.63) is 89.5 Å². The van der Waals surface area contributed by atoms with Gasteiger partial charge < -0.3 is 33.4 Å². The second kappa shape index (κ2) is 11.0. The third kappa shape index (κ3) is 5.46. The van der Waals surface area contributed by atoms with Crippen LogP contribution in [-0.4, -0.2) is 0 Å². The number of fused-ring (bicyclic) bond motifs is 1. The average Bonchev–Trinajstić information content (AvgIpc) is 3.31. The average molecular weight is 564 g/mol. The van der Waals surface area contributed by atoms with E-state index in [1.807, 2.05) is 19.1 Å². The Labute approximate surface area is 247 Å².